The molecule has 0 aliphatic carbocycles. The normalized spacial score (nSPS) is 22.0. The highest BCUT2D eigenvalue weighted by molar-refractivity contribution is 5.73. The first-order valence-corrected chi connectivity index (χ1v) is 11.1. The van der Waals surface area contributed by atoms with Gasteiger partial charge in [0.15, 0.2) is 0 Å². The minimum absolute atomic E-state index is 0.119. The van der Waals surface area contributed by atoms with Crippen molar-refractivity contribution >= 4 is 5.91 Å². The Labute approximate surface area is 179 Å². The molecule has 2 aromatic rings. The van der Waals surface area contributed by atoms with Gasteiger partial charge in [-0.1, -0.05) is 36.4 Å². The Bertz CT molecular complexity index is 841. The second-order valence-electron chi connectivity index (χ2n) is 8.48. The molecular weight excluding hydrogens is 376 g/mol. The van der Waals surface area contributed by atoms with Crippen LogP contribution in [0.2, 0.25) is 0 Å². The van der Waals surface area contributed by atoms with Gasteiger partial charge in [-0.3, -0.25) is 4.79 Å². The van der Waals surface area contributed by atoms with Crippen LogP contribution < -0.4 is 9.47 Å². The zero-order valence-electron chi connectivity index (χ0n) is 17.9. The summed E-state index contributed by atoms with van der Waals surface area (Å²) < 4.78 is 12.5. The molecule has 2 aliphatic rings. The number of carbonyl (C=O) groups is 1. The molecule has 160 valence electrons. The van der Waals surface area contributed by atoms with Crippen molar-refractivity contribution in [2.45, 2.75) is 44.8 Å². The lowest BCUT2D eigenvalue weighted by Crippen LogP contribution is -2.47. The van der Waals surface area contributed by atoms with Gasteiger partial charge in [0.1, 0.15) is 17.1 Å². The van der Waals surface area contributed by atoms with Crippen molar-refractivity contribution < 1.29 is 14.3 Å². The lowest BCUT2D eigenvalue weighted by molar-refractivity contribution is -0.132. The Morgan fingerprint density at radius 3 is 2.70 bits per heavy atom. The average molecular weight is 409 g/mol. The van der Waals surface area contributed by atoms with Crippen molar-refractivity contribution in [3.05, 3.63) is 60.2 Å². The molecule has 1 amide bonds. The van der Waals surface area contributed by atoms with Gasteiger partial charge >= 0.3 is 0 Å². The number of nitrogens with zero attached hydrogens (tertiary/aromatic N) is 2. The van der Waals surface area contributed by atoms with Gasteiger partial charge in [-0.25, -0.2) is 0 Å². The molecule has 2 aromatic carbocycles. The predicted octanol–water partition coefficient (Wildman–Crippen LogP) is 4.12. The molecule has 30 heavy (non-hydrogen) atoms. The number of amides is 1. The quantitative estimate of drug-likeness (QED) is 0.698. The van der Waals surface area contributed by atoms with Gasteiger partial charge in [0.2, 0.25) is 5.91 Å². The Balaban J connectivity index is 1.35. The molecule has 0 bridgehead atoms. The van der Waals surface area contributed by atoms with Gasteiger partial charge in [-0.15, -0.1) is 0 Å². The zero-order valence-corrected chi connectivity index (χ0v) is 17.9. The molecular formula is C25H32N2O3. The summed E-state index contributed by atoms with van der Waals surface area (Å²) in [5.74, 6) is 1.99. The molecule has 0 saturated carbocycles. The van der Waals surface area contributed by atoms with E-state index in [1.54, 1.807) is 6.92 Å². The predicted molar refractivity (Wildman–Crippen MR) is 118 cm³/mol. The number of ether oxygens (including phenoxy) is 2. The number of hydrogen-bond donors (Lipinski definition) is 0. The third-order valence-electron chi connectivity index (χ3n) is 6.21. The Kier molecular flexibility index (Phi) is 6.58. The van der Waals surface area contributed by atoms with Crippen LogP contribution in [0.1, 0.15) is 38.2 Å². The van der Waals surface area contributed by atoms with Gasteiger partial charge < -0.3 is 19.3 Å². The average Bonchev–Trinajstić information content (AvgIpc) is 3.05. The van der Waals surface area contributed by atoms with E-state index in [0.29, 0.717) is 13.1 Å². The number of likely N-dealkylation sites (tertiary alicyclic amines) is 1. The Morgan fingerprint density at radius 2 is 1.87 bits per heavy atom. The minimum atomic E-state index is -0.298. The summed E-state index contributed by atoms with van der Waals surface area (Å²) >= 11 is 0. The van der Waals surface area contributed by atoms with Gasteiger partial charge in [-0.2, -0.15) is 0 Å². The van der Waals surface area contributed by atoms with Crippen molar-refractivity contribution in [3.8, 4) is 11.5 Å². The van der Waals surface area contributed by atoms with E-state index < -0.39 is 0 Å². The second-order valence-corrected chi connectivity index (χ2v) is 8.48. The monoisotopic (exact) mass is 408 g/mol. The van der Waals surface area contributed by atoms with E-state index in [9.17, 15) is 4.79 Å². The molecule has 1 spiro atoms. The standard InChI is InChI=1S/C25H32N2O3/c1-21(28)27-19-22-9-5-6-12-24(22)30-25(20-27)13-7-15-26(17-14-25)16-8-18-29-23-10-3-2-4-11-23/h2-6,9-12H,7-8,13-20H2,1H3. The molecule has 1 atom stereocenters. The number of rotatable bonds is 5. The van der Waals surface area contributed by atoms with Crippen LogP contribution in [0.3, 0.4) is 0 Å². The summed E-state index contributed by atoms with van der Waals surface area (Å²) in [6, 6.07) is 18.1. The first-order chi connectivity index (χ1) is 14.6. The van der Waals surface area contributed by atoms with E-state index in [1.165, 1.54) is 0 Å². The lowest BCUT2D eigenvalue weighted by atomic mass is 9.93. The Hall–Kier alpha value is -2.53. The fourth-order valence-electron chi connectivity index (χ4n) is 4.53. The molecule has 4 rings (SSSR count). The summed E-state index contributed by atoms with van der Waals surface area (Å²) in [7, 11) is 0. The van der Waals surface area contributed by atoms with E-state index in [1.807, 2.05) is 53.4 Å². The minimum Gasteiger partial charge on any atom is -0.494 e. The molecule has 0 radical (unpaired) electrons. The van der Waals surface area contributed by atoms with Crippen LogP contribution in [-0.4, -0.2) is 54.1 Å². The Morgan fingerprint density at radius 1 is 1.07 bits per heavy atom. The number of hydrogen-bond acceptors (Lipinski definition) is 4. The van der Waals surface area contributed by atoms with Gasteiger partial charge in [0.05, 0.1) is 13.2 Å². The topological polar surface area (TPSA) is 42.0 Å². The van der Waals surface area contributed by atoms with Crippen molar-refractivity contribution in [2.24, 2.45) is 0 Å². The van der Waals surface area contributed by atoms with Crippen LogP contribution in [0.5, 0.6) is 11.5 Å². The van der Waals surface area contributed by atoms with Crippen LogP contribution in [0.25, 0.3) is 0 Å². The van der Waals surface area contributed by atoms with Crippen molar-refractivity contribution in [2.75, 3.05) is 32.8 Å². The molecule has 5 nitrogen and oxygen atoms in total. The third kappa shape index (κ3) is 5.14. The fraction of sp³-hybridized carbons (Fsp3) is 0.480. The van der Waals surface area contributed by atoms with E-state index in [2.05, 4.69) is 11.0 Å². The molecule has 2 heterocycles. The lowest BCUT2D eigenvalue weighted by Gasteiger charge is -2.35. The largest absolute Gasteiger partial charge is 0.494 e. The summed E-state index contributed by atoms with van der Waals surface area (Å²) in [6.45, 7) is 6.77. The van der Waals surface area contributed by atoms with Crippen LogP contribution in [0.4, 0.5) is 0 Å². The first kappa shape index (κ1) is 20.7. The number of carbonyl (C=O) groups excluding carboxylic acids is 1. The maximum absolute atomic E-state index is 12.3. The number of benzene rings is 2. The van der Waals surface area contributed by atoms with E-state index in [4.69, 9.17) is 9.47 Å². The second kappa shape index (κ2) is 9.52. The smallest absolute Gasteiger partial charge is 0.219 e. The molecule has 2 aliphatic heterocycles. The summed E-state index contributed by atoms with van der Waals surface area (Å²) in [5, 5.41) is 0. The van der Waals surface area contributed by atoms with Crippen LogP contribution in [-0.2, 0) is 11.3 Å². The zero-order chi connectivity index (χ0) is 20.8. The van der Waals surface area contributed by atoms with E-state index in [0.717, 1.165) is 69.0 Å². The molecule has 0 aromatic heterocycles. The first-order valence-electron chi connectivity index (χ1n) is 11.1. The van der Waals surface area contributed by atoms with E-state index >= 15 is 0 Å². The van der Waals surface area contributed by atoms with Crippen molar-refractivity contribution in [1.29, 1.82) is 0 Å². The maximum atomic E-state index is 12.3. The van der Waals surface area contributed by atoms with Crippen LogP contribution in [0, 0.1) is 0 Å². The molecule has 0 N–H and O–H groups in total. The van der Waals surface area contributed by atoms with Crippen LogP contribution >= 0.6 is 0 Å². The summed E-state index contributed by atoms with van der Waals surface area (Å²) in [5.41, 5.74) is 0.803. The highest BCUT2D eigenvalue weighted by Gasteiger charge is 2.39. The van der Waals surface area contributed by atoms with Crippen LogP contribution in [0.15, 0.2) is 54.6 Å². The van der Waals surface area contributed by atoms with Crippen molar-refractivity contribution in [3.63, 3.8) is 0 Å². The highest BCUT2D eigenvalue weighted by Crippen LogP contribution is 2.35. The SMILES string of the molecule is CC(=O)N1Cc2ccccc2OC2(CCCN(CCCOc3ccccc3)CC2)C1. The molecule has 1 saturated heterocycles. The summed E-state index contributed by atoms with van der Waals surface area (Å²) in [6.07, 6.45) is 3.99. The maximum Gasteiger partial charge on any atom is 0.219 e. The van der Waals surface area contributed by atoms with Gasteiger partial charge in [-0.05, 0) is 44.0 Å². The molecule has 1 fully saturated rings. The molecule has 5 heteroatoms. The fourth-order valence-corrected chi connectivity index (χ4v) is 4.53. The third-order valence-corrected chi connectivity index (χ3v) is 6.21. The van der Waals surface area contributed by atoms with Gasteiger partial charge in [0, 0.05) is 38.5 Å². The molecule has 1 unspecified atom stereocenters. The number of para-hydroxylation sites is 2. The van der Waals surface area contributed by atoms with Gasteiger partial charge in [0.25, 0.3) is 0 Å². The highest BCUT2D eigenvalue weighted by atomic mass is 16.5. The van der Waals surface area contributed by atoms with E-state index in [-0.39, 0.29) is 11.5 Å². The number of fused-ring (bicyclic) bond motifs is 1. The summed E-state index contributed by atoms with van der Waals surface area (Å²) in [4.78, 5) is 16.7. The van der Waals surface area contributed by atoms with Crippen molar-refractivity contribution in [1.82, 2.24) is 9.80 Å².